The van der Waals surface area contributed by atoms with Crippen molar-refractivity contribution in [3.63, 3.8) is 0 Å². The molecule has 2 N–H and O–H groups in total. The molecule has 1 saturated heterocycles. The third-order valence-corrected chi connectivity index (χ3v) is 3.95. The predicted molar refractivity (Wildman–Crippen MR) is 83.8 cm³/mol. The zero-order valence-electron chi connectivity index (χ0n) is 13.8. The number of para-hydroxylation sites is 1. The molecule has 1 aromatic carbocycles. The van der Waals surface area contributed by atoms with E-state index in [1.165, 1.54) is 36.1 Å². The summed E-state index contributed by atoms with van der Waals surface area (Å²) >= 11 is 0. The molecule has 1 aromatic rings. The molecule has 1 fully saturated rings. The van der Waals surface area contributed by atoms with Crippen molar-refractivity contribution in [2.24, 2.45) is 0 Å². The third kappa shape index (κ3) is 5.57. The van der Waals surface area contributed by atoms with Gasteiger partial charge >= 0.3 is 6.18 Å². The minimum atomic E-state index is -4.46. The number of rotatable bonds is 6. The van der Waals surface area contributed by atoms with Crippen LogP contribution in [0.25, 0.3) is 0 Å². The van der Waals surface area contributed by atoms with Crippen LogP contribution in [0.4, 0.5) is 17.6 Å². The Labute approximate surface area is 143 Å². The van der Waals surface area contributed by atoms with Crippen LogP contribution in [-0.4, -0.2) is 61.9 Å². The van der Waals surface area contributed by atoms with Crippen molar-refractivity contribution >= 4 is 5.91 Å². The topological polar surface area (TPSA) is 53.6 Å². The summed E-state index contributed by atoms with van der Waals surface area (Å²) in [4.78, 5) is 13.3. The summed E-state index contributed by atoms with van der Waals surface area (Å²) < 4.78 is 58.5. The Bertz CT molecular complexity index is 577. The second-order valence-electron chi connectivity index (χ2n) is 5.78. The van der Waals surface area contributed by atoms with Crippen LogP contribution in [0.5, 0.6) is 5.75 Å². The number of nitrogens with zero attached hydrogens (tertiary/aromatic N) is 1. The largest absolute Gasteiger partial charge is 0.478 e. The summed E-state index contributed by atoms with van der Waals surface area (Å²) in [6.07, 6.45) is -5.57. The summed E-state index contributed by atoms with van der Waals surface area (Å²) in [5.74, 6) is -1.50. The average molecular weight is 363 g/mol. The van der Waals surface area contributed by atoms with Crippen LogP contribution in [0.3, 0.4) is 0 Å². The number of piperazine rings is 1. The number of carbonyl (C=O) groups excluding carboxylic acids is 1. The van der Waals surface area contributed by atoms with Crippen LogP contribution in [0.1, 0.15) is 6.92 Å². The van der Waals surface area contributed by atoms with Gasteiger partial charge in [-0.25, -0.2) is 4.39 Å². The Hall–Kier alpha value is -1.87. The number of hydrogen-bond donors (Lipinski definition) is 2. The molecule has 1 heterocycles. The van der Waals surface area contributed by atoms with E-state index >= 15 is 0 Å². The zero-order chi connectivity index (χ0) is 18.4. The molecule has 0 saturated carbocycles. The van der Waals surface area contributed by atoms with E-state index in [1.54, 1.807) is 0 Å². The molecule has 140 valence electrons. The summed E-state index contributed by atoms with van der Waals surface area (Å²) in [6, 6.07) is 3.75. The fraction of sp³-hybridized carbons (Fsp3) is 0.562. The maximum atomic E-state index is 13.5. The number of halogens is 4. The molecule has 1 aliphatic rings. The highest BCUT2D eigenvalue weighted by molar-refractivity contribution is 5.80. The molecule has 1 amide bonds. The van der Waals surface area contributed by atoms with Crippen molar-refractivity contribution in [2.45, 2.75) is 25.2 Å². The molecule has 2 atom stereocenters. The standard InChI is InChI=1S/C16H21F4N3O2/c1-11(25-13-5-3-2-4-12(13)17)15(24)22-10-14(16(18,19)20)23-8-6-21-7-9-23/h2-5,11,14,21H,6-10H2,1H3,(H,22,24). The molecule has 2 rings (SSSR count). The molecule has 0 bridgehead atoms. The van der Waals surface area contributed by atoms with Crippen molar-refractivity contribution in [2.75, 3.05) is 32.7 Å². The highest BCUT2D eigenvalue weighted by atomic mass is 19.4. The van der Waals surface area contributed by atoms with Crippen LogP contribution in [-0.2, 0) is 4.79 Å². The second kappa shape index (κ2) is 8.48. The maximum Gasteiger partial charge on any atom is 0.405 e. The molecule has 5 nitrogen and oxygen atoms in total. The summed E-state index contributed by atoms with van der Waals surface area (Å²) in [5, 5.41) is 5.24. The molecular weight excluding hydrogens is 342 g/mol. The number of amides is 1. The van der Waals surface area contributed by atoms with Crippen LogP contribution < -0.4 is 15.4 Å². The highest BCUT2D eigenvalue weighted by Crippen LogP contribution is 2.25. The maximum absolute atomic E-state index is 13.5. The Morgan fingerprint density at radius 3 is 2.56 bits per heavy atom. The quantitative estimate of drug-likeness (QED) is 0.753. The van der Waals surface area contributed by atoms with Gasteiger partial charge in [-0.1, -0.05) is 12.1 Å². The van der Waals surface area contributed by atoms with Crippen molar-refractivity contribution in [1.82, 2.24) is 15.5 Å². The van der Waals surface area contributed by atoms with Crippen molar-refractivity contribution in [3.05, 3.63) is 30.1 Å². The Kier molecular flexibility index (Phi) is 6.60. The molecule has 0 radical (unpaired) electrons. The first-order valence-corrected chi connectivity index (χ1v) is 7.99. The molecule has 2 unspecified atom stereocenters. The van der Waals surface area contributed by atoms with E-state index in [2.05, 4.69) is 10.6 Å². The summed E-state index contributed by atoms with van der Waals surface area (Å²) in [7, 11) is 0. The van der Waals surface area contributed by atoms with Crippen LogP contribution in [0.15, 0.2) is 24.3 Å². The van der Waals surface area contributed by atoms with Crippen molar-refractivity contribution < 1.29 is 27.1 Å². The van der Waals surface area contributed by atoms with Gasteiger partial charge in [0, 0.05) is 32.7 Å². The van der Waals surface area contributed by atoms with E-state index in [-0.39, 0.29) is 18.8 Å². The van der Waals surface area contributed by atoms with Gasteiger partial charge < -0.3 is 15.4 Å². The van der Waals surface area contributed by atoms with Gasteiger partial charge in [0.1, 0.15) is 6.04 Å². The van der Waals surface area contributed by atoms with Gasteiger partial charge in [-0.3, -0.25) is 9.69 Å². The minimum absolute atomic E-state index is 0.125. The van der Waals surface area contributed by atoms with Gasteiger partial charge in [0.25, 0.3) is 5.91 Å². The smallest absolute Gasteiger partial charge is 0.405 e. The Balaban J connectivity index is 1.92. The summed E-state index contributed by atoms with van der Waals surface area (Å²) in [6.45, 7) is 2.21. The summed E-state index contributed by atoms with van der Waals surface area (Å²) in [5.41, 5.74) is 0. The predicted octanol–water partition coefficient (Wildman–Crippen LogP) is 1.55. The van der Waals surface area contributed by atoms with Gasteiger partial charge in [-0.15, -0.1) is 0 Å². The lowest BCUT2D eigenvalue weighted by Gasteiger charge is -2.36. The number of hydrogen-bond acceptors (Lipinski definition) is 4. The van der Waals surface area contributed by atoms with E-state index in [0.29, 0.717) is 13.1 Å². The fourth-order valence-corrected chi connectivity index (χ4v) is 2.57. The number of nitrogens with one attached hydrogen (secondary N) is 2. The van der Waals surface area contributed by atoms with Crippen LogP contribution >= 0.6 is 0 Å². The minimum Gasteiger partial charge on any atom is -0.478 e. The van der Waals surface area contributed by atoms with Crippen LogP contribution in [0, 0.1) is 5.82 Å². The lowest BCUT2D eigenvalue weighted by atomic mass is 10.2. The van der Waals surface area contributed by atoms with E-state index < -0.39 is 36.6 Å². The van der Waals surface area contributed by atoms with Gasteiger partial charge in [0.05, 0.1) is 0 Å². The molecule has 0 aliphatic carbocycles. The average Bonchev–Trinajstić information content (AvgIpc) is 2.56. The van der Waals surface area contributed by atoms with Gasteiger partial charge in [-0.2, -0.15) is 13.2 Å². The molecule has 0 aromatic heterocycles. The Morgan fingerprint density at radius 1 is 1.32 bits per heavy atom. The van der Waals surface area contributed by atoms with Crippen molar-refractivity contribution in [3.8, 4) is 5.75 Å². The normalized spacial score (nSPS) is 18.4. The second-order valence-corrected chi connectivity index (χ2v) is 5.78. The first-order valence-electron chi connectivity index (χ1n) is 7.99. The zero-order valence-corrected chi connectivity index (χ0v) is 13.8. The molecular formula is C16H21F4N3O2. The van der Waals surface area contributed by atoms with Gasteiger partial charge in [0.2, 0.25) is 0 Å². The van der Waals surface area contributed by atoms with E-state index in [1.807, 2.05) is 0 Å². The van der Waals surface area contributed by atoms with Gasteiger partial charge in [0.15, 0.2) is 17.7 Å². The number of benzene rings is 1. The highest BCUT2D eigenvalue weighted by Gasteiger charge is 2.44. The lowest BCUT2D eigenvalue weighted by Crippen LogP contribution is -2.58. The van der Waals surface area contributed by atoms with E-state index in [9.17, 15) is 22.4 Å². The van der Waals surface area contributed by atoms with Crippen molar-refractivity contribution in [1.29, 1.82) is 0 Å². The number of alkyl halides is 3. The number of carbonyl (C=O) groups is 1. The SMILES string of the molecule is CC(Oc1ccccc1F)C(=O)NCC(N1CCNCC1)C(F)(F)F. The third-order valence-electron chi connectivity index (χ3n) is 3.95. The Morgan fingerprint density at radius 2 is 1.96 bits per heavy atom. The van der Waals surface area contributed by atoms with Crippen LogP contribution in [0.2, 0.25) is 0 Å². The monoisotopic (exact) mass is 363 g/mol. The van der Waals surface area contributed by atoms with E-state index in [4.69, 9.17) is 4.74 Å². The fourth-order valence-electron chi connectivity index (χ4n) is 2.57. The number of ether oxygens (including phenoxy) is 1. The first-order chi connectivity index (χ1) is 11.8. The molecule has 25 heavy (non-hydrogen) atoms. The first kappa shape index (κ1) is 19.5. The molecule has 0 spiro atoms. The lowest BCUT2D eigenvalue weighted by molar-refractivity contribution is -0.184. The van der Waals surface area contributed by atoms with E-state index in [0.717, 1.165) is 0 Å². The molecule has 9 heteroatoms. The molecule has 1 aliphatic heterocycles. The van der Waals surface area contributed by atoms with Gasteiger partial charge in [-0.05, 0) is 19.1 Å².